The van der Waals surface area contributed by atoms with Gasteiger partial charge in [0.15, 0.2) is 0 Å². The molecule has 4 nitrogen and oxygen atoms in total. The van der Waals surface area contributed by atoms with Gasteiger partial charge in [0.1, 0.15) is 0 Å². The van der Waals surface area contributed by atoms with E-state index in [9.17, 15) is 9.90 Å². The van der Waals surface area contributed by atoms with Crippen molar-refractivity contribution in [3.05, 3.63) is 0 Å². The van der Waals surface area contributed by atoms with Gasteiger partial charge in [0.05, 0.1) is 18.8 Å². The molecule has 1 saturated carbocycles. The van der Waals surface area contributed by atoms with Gasteiger partial charge in [-0.25, -0.2) is 4.79 Å². The van der Waals surface area contributed by atoms with E-state index in [4.69, 9.17) is 4.74 Å². The van der Waals surface area contributed by atoms with Gasteiger partial charge in [-0.2, -0.15) is 0 Å². The van der Waals surface area contributed by atoms with Gasteiger partial charge in [-0.05, 0) is 25.7 Å². The quantitative estimate of drug-likeness (QED) is 0.737. The second kappa shape index (κ2) is 4.29. The van der Waals surface area contributed by atoms with Crippen molar-refractivity contribution in [3.63, 3.8) is 0 Å². The van der Waals surface area contributed by atoms with E-state index in [2.05, 4.69) is 15.9 Å². The van der Waals surface area contributed by atoms with Gasteiger partial charge in [0, 0.05) is 11.4 Å². The average Bonchev–Trinajstić information content (AvgIpc) is 2.40. The van der Waals surface area contributed by atoms with Gasteiger partial charge >= 0.3 is 6.09 Å². The Labute approximate surface area is 97.7 Å². The fourth-order valence-electron chi connectivity index (χ4n) is 2.55. The maximum absolute atomic E-state index is 11.7. The second-order valence-electron chi connectivity index (χ2n) is 4.19. The van der Waals surface area contributed by atoms with Crippen molar-refractivity contribution in [3.8, 4) is 0 Å². The van der Waals surface area contributed by atoms with Crippen molar-refractivity contribution >= 4 is 22.0 Å². The van der Waals surface area contributed by atoms with Crippen LogP contribution in [0.15, 0.2) is 0 Å². The maximum Gasteiger partial charge on any atom is 0.410 e. The van der Waals surface area contributed by atoms with E-state index in [-0.39, 0.29) is 17.0 Å². The summed E-state index contributed by atoms with van der Waals surface area (Å²) in [4.78, 5) is 13.5. The number of likely N-dealkylation sites (tertiary alicyclic amines) is 1. The molecule has 0 radical (unpaired) electrons. The number of hydrogen-bond acceptors (Lipinski definition) is 3. The first-order valence-corrected chi connectivity index (χ1v) is 6.32. The number of hydrogen-bond donors (Lipinski definition) is 1. The third-order valence-electron chi connectivity index (χ3n) is 3.30. The molecule has 2 bridgehead atoms. The Hall–Kier alpha value is -0.290. The van der Waals surface area contributed by atoms with Crippen LogP contribution >= 0.6 is 15.9 Å². The van der Waals surface area contributed by atoms with Crippen LogP contribution in [0.3, 0.4) is 0 Å². The summed E-state index contributed by atoms with van der Waals surface area (Å²) in [6.07, 6.45) is 1.05. The number of alkyl halides is 1. The summed E-state index contributed by atoms with van der Waals surface area (Å²) in [6, 6.07) is -0.109. The summed E-state index contributed by atoms with van der Waals surface area (Å²) in [5, 5.41) is 9.87. The lowest BCUT2D eigenvalue weighted by atomic mass is 9.88. The predicted molar refractivity (Wildman–Crippen MR) is 59.0 cm³/mol. The molecule has 1 N–H and O–H groups in total. The molecule has 0 aromatic rings. The zero-order chi connectivity index (χ0) is 11.0. The number of carbonyl (C=O) groups is 1. The summed E-state index contributed by atoms with van der Waals surface area (Å²) >= 11 is 3.57. The Morgan fingerprint density at radius 1 is 1.60 bits per heavy atom. The van der Waals surface area contributed by atoms with Crippen LogP contribution in [0, 0.1) is 5.92 Å². The Balaban J connectivity index is 2.11. The summed E-state index contributed by atoms with van der Waals surface area (Å²) in [7, 11) is 0. The van der Waals surface area contributed by atoms with Crippen LogP contribution in [0.5, 0.6) is 0 Å². The van der Waals surface area contributed by atoms with E-state index in [0.717, 1.165) is 12.8 Å². The van der Waals surface area contributed by atoms with E-state index >= 15 is 0 Å². The van der Waals surface area contributed by atoms with Gasteiger partial charge in [0.2, 0.25) is 0 Å². The van der Waals surface area contributed by atoms with Crippen molar-refractivity contribution in [1.29, 1.82) is 0 Å². The molecule has 15 heavy (non-hydrogen) atoms. The Kier molecular flexibility index (Phi) is 3.21. The molecule has 4 atom stereocenters. The van der Waals surface area contributed by atoms with Crippen molar-refractivity contribution in [2.75, 3.05) is 13.2 Å². The van der Waals surface area contributed by atoms with Crippen LogP contribution in [0.4, 0.5) is 4.79 Å². The lowest BCUT2D eigenvalue weighted by molar-refractivity contribution is 0.0498. The molecular formula is C10H16BrNO3. The molecule has 86 valence electrons. The largest absolute Gasteiger partial charge is 0.450 e. The molecule has 0 spiro atoms. The topological polar surface area (TPSA) is 49.8 Å². The van der Waals surface area contributed by atoms with Crippen LogP contribution in [0.25, 0.3) is 0 Å². The summed E-state index contributed by atoms with van der Waals surface area (Å²) < 4.78 is 4.99. The predicted octanol–water partition coefficient (Wildman–Crippen LogP) is 1.36. The van der Waals surface area contributed by atoms with Crippen LogP contribution in [-0.2, 0) is 4.74 Å². The molecule has 0 aromatic heterocycles. The highest BCUT2D eigenvalue weighted by atomic mass is 79.9. The molecule has 2 rings (SSSR count). The van der Waals surface area contributed by atoms with Crippen molar-refractivity contribution in [2.45, 2.75) is 36.7 Å². The highest BCUT2D eigenvalue weighted by Gasteiger charge is 2.49. The van der Waals surface area contributed by atoms with E-state index in [0.29, 0.717) is 19.1 Å². The average molecular weight is 278 g/mol. The molecule has 1 heterocycles. The van der Waals surface area contributed by atoms with Crippen LogP contribution in [0.1, 0.15) is 19.8 Å². The van der Waals surface area contributed by atoms with Gasteiger partial charge in [-0.1, -0.05) is 15.9 Å². The van der Waals surface area contributed by atoms with Crippen molar-refractivity contribution in [2.24, 2.45) is 5.92 Å². The maximum atomic E-state index is 11.7. The molecule has 0 aromatic carbocycles. The van der Waals surface area contributed by atoms with E-state index < -0.39 is 6.10 Å². The van der Waals surface area contributed by atoms with Gasteiger partial charge in [0.25, 0.3) is 0 Å². The molecule has 2 fully saturated rings. The lowest BCUT2D eigenvalue weighted by Gasteiger charge is -2.32. The summed E-state index contributed by atoms with van der Waals surface area (Å²) in [6.45, 7) is 2.88. The number of rotatable bonds is 1. The molecule has 1 aliphatic carbocycles. The standard InChI is InChI=1S/C10H16BrNO3/c1-2-15-10(14)12-5-6-3-4-7(13)9(12)8(6)11/h6-9,13H,2-5H2,1H3/t6?,7-,8+,9?/m1/s1. The zero-order valence-corrected chi connectivity index (χ0v) is 10.3. The molecule has 1 saturated heterocycles. The molecule has 2 aliphatic rings. The number of nitrogens with zero attached hydrogens (tertiary/aromatic N) is 1. The van der Waals surface area contributed by atoms with Gasteiger partial charge in [-0.15, -0.1) is 0 Å². The van der Waals surface area contributed by atoms with Crippen LogP contribution in [-0.4, -0.2) is 46.2 Å². The minimum atomic E-state index is -0.419. The van der Waals surface area contributed by atoms with Gasteiger partial charge in [-0.3, -0.25) is 0 Å². The Morgan fingerprint density at radius 2 is 2.33 bits per heavy atom. The van der Waals surface area contributed by atoms with Gasteiger partial charge < -0.3 is 14.7 Å². The zero-order valence-electron chi connectivity index (χ0n) is 8.73. The molecule has 1 amide bonds. The minimum Gasteiger partial charge on any atom is -0.450 e. The number of carbonyl (C=O) groups excluding carboxylic acids is 1. The smallest absolute Gasteiger partial charge is 0.410 e. The summed E-state index contributed by atoms with van der Waals surface area (Å²) in [5.41, 5.74) is 0. The van der Waals surface area contributed by atoms with E-state index in [1.807, 2.05) is 0 Å². The number of aliphatic hydroxyl groups excluding tert-OH is 1. The second-order valence-corrected chi connectivity index (χ2v) is 5.25. The third kappa shape index (κ3) is 1.87. The SMILES string of the molecule is CCOC(=O)N1CC2CC[C@@H](O)C1[C@H]2Br. The molecular weight excluding hydrogens is 262 g/mol. The van der Waals surface area contributed by atoms with E-state index in [1.165, 1.54) is 0 Å². The van der Waals surface area contributed by atoms with Crippen molar-refractivity contribution in [1.82, 2.24) is 4.90 Å². The van der Waals surface area contributed by atoms with Crippen LogP contribution in [0.2, 0.25) is 0 Å². The van der Waals surface area contributed by atoms with Crippen LogP contribution < -0.4 is 0 Å². The highest BCUT2D eigenvalue weighted by molar-refractivity contribution is 9.09. The van der Waals surface area contributed by atoms with Crippen molar-refractivity contribution < 1.29 is 14.6 Å². The molecule has 2 unspecified atom stereocenters. The lowest BCUT2D eigenvalue weighted by Crippen LogP contribution is -2.47. The number of amides is 1. The fraction of sp³-hybridized carbons (Fsp3) is 0.900. The number of ether oxygens (including phenoxy) is 1. The summed E-state index contributed by atoms with van der Waals surface area (Å²) in [5.74, 6) is 0.461. The number of aliphatic hydroxyl groups is 1. The minimum absolute atomic E-state index is 0.109. The normalized spacial score (nSPS) is 39.3. The fourth-order valence-corrected chi connectivity index (χ4v) is 3.62. The number of fused-ring (bicyclic) bond motifs is 2. The Morgan fingerprint density at radius 3 is 3.00 bits per heavy atom. The first kappa shape index (κ1) is 11.2. The van der Waals surface area contributed by atoms with E-state index in [1.54, 1.807) is 11.8 Å². The molecule has 5 heteroatoms. The third-order valence-corrected chi connectivity index (χ3v) is 4.59. The monoisotopic (exact) mass is 277 g/mol. The highest BCUT2D eigenvalue weighted by Crippen LogP contribution is 2.40. The first-order valence-electron chi connectivity index (χ1n) is 5.40. The first-order chi connectivity index (χ1) is 7.15. The molecule has 1 aliphatic heterocycles. The Bertz CT molecular complexity index is 261. The number of halogens is 1.